The van der Waals surface area contributed by atoms with Gasteiger partial charge in [-0.25, -0.2) is 0 Å². The lowest BCUT2D eigenvalue weighted by molar-refractivity contribution is 1.48. The van der Waals surface area contributed by atoms with E-state index in [1.54, 1.807) is 0 Å². The van der Waals surface area contributed by atoms with Gasteiger partial charge in [0.15, 0.2) is 0 Å². The quantitative estimate of drug-likeness (QED) is 0.473. The van der Waals surface area contributed by atoms with Gasteiger partial charge in [0.2, 0.25) is 0 Å². The molecule has 0 aliphatic carbocycles. The minimum atomic E-state index is 0. The molecule has 2 aromatic carbocycles. The van der Waals surface area contributed by atoms with E-state index < -0.39 is 0 Å². The van der Waals surface area contributed by atoms with Gasteiger partial charge >= 0.3 is 0 Å². The van der Waals surface area contributed by atoms with Crippen LogP contribution >= 0.6 is 0 Å². The summed E-state index contributed by atoms with van der Waals surface area (Å²) >= 11 is 0. The number of rotatable bonds is 0. The molecular formula is C20H36. The molecular weight excluding hydrogens is 240 g/mol. The zero-order valence-corrected chi connectivity index (χ0v) is 12.8. The molecule has 0 unspecified atom stereocenters. The number of benzene rings is 2. The van der Waals surface area contributed by atoms with Crippen LogP contribution in [0, 0.1) is 13.8 Å². The summed E-state index contributed by atoms with van der Waals surface area (Å²) in [5.74, 6) is 0. The molecule has 116 valence electrons. The summed E-state index contributed by atoms with van der Waals surface area (Å²) < 4.78 is 0. The van der Waals surface area contributed by atoms with E-state index in [1.807, 2.05) is 64.1 Å². The van der Waals surface area contributed by atoms with Crippen LogP contribution in [0.3, 0.4) is 0 Å². The summed E-state index contributed by atoms with van der Waals surface area (Å²) in [6.07, 6.45) is 0. The fraction of sp³-hybridized carbons (Fsp3) is 0.400. The van der Waals surface area contributed by atoms with Gasteiger partial charge in [0.05, 0.1) is 0 Å². The fourth-order valence-corrected chi connectivity index (χ4v) is 1.07. The number of hydrogen-bond donors (Lipinski definition) is 0. The highest BCUT2D eigenvalue weighted by atomic mass is 13.8. The van der Waals surface area contributed by atoms with Gasteiger partial charge in [-0.1, -0.05) is 114 Å². The Morgan fingerprint density at radius 2 is 0.650 bits per heavy atom. The first kappa shape index (κ1) is 26.9. The molecule has 0 N–H and O–H groups in total. The molecule has 0 saturated heterocycles. The minimum absolute atomic E-state index is 0. The Bertz CT molecular complexity index is 297. The molecule has 0 heteroatoms. The first-order valence-corrected chi connectivity index (χ1v) is 6.82. The van der Waals surface area contributed by atoms with Crippen LogP contribution in [0.5, 0.6) is 0 Å². The Labute approximate surface area is 128 Å². The zero-order valence-electron chi connectivity index (χ0n) is 12.8. The van der Waals surface area contributed by atoms with Crippen LogP contribution in [-0.4, -0.2) is 0 Å². The monoisotopic (exact) mass is 276 g/mol. The minimum Gasteiger partial charge on any atom is -0.0776 e. The van der Waals surface area contributed by atoms with Crippen molar-refractivity contribution < 1.29 is 0 Å². The standard InChI is InChI=1S/2C7H8.2C2H6.2CH4/c2*1-7-5-3-2-4-6-7;2*1-2;;/h2*2-6H,1H3;2*1-2H3;2*1H4. The van der Waals surface area contributed by atoms with Gasteiger partial charge in [-0.3, -0.25) is 0 Å². The average Bonchev–Trinajstić information content (AvgIpc) is 2.46. The summed E-state index contributed by atoms with van der Waals surface area (Å²) in [5.41, 5.74) is 2.64. The maximum atomic E-state index is 2.08. The van der Waals surface area contributed by atoms with Gasteiger partial charge in [0.25, 0.3) is 0 Å². The average molecular weight is 277 g/mol. The molecule has 0 aromatic heterocycles. The molecule has 0 aliphatic heterocycles. The van der Waals surface area contributed by atoms with Crippen molar-refractivity contribution in [1.82, 2.24) is 0 Å². The van der Waals surface area contributed by atoms with Crippen molar-refractivity contribution in [3.8, 4) is 0 Å². The second kappa shape index (κ2) is 22.6. The van der Waals surface area contributed by atoms with Crippen LogP contribution < -0.4 is 0 Å². The summed E-state index contributed by atoms with van der Waals surface area (Å²) in [6.45, 7) is 12.2. The Kier molecular flexibility index (Phi) is 30.4. The predicted molar refractivity (Wildman–Crippen MR) is 98.5 cm³/mol. The van der Waals surface area contributed by atoms with E-state index in [9.17, 15) is 0 Å². The molecule has 0 heterocycles. The SMILES string of the molecule is C.C.CC.CC.Cc1ccccc1.Cc1ccccc1. The molecule has 0 amide bonds. The zero-order chi connectivity index (χ0) is 14.2. The molecule has 0 spiro atoms. The van der Waals surface area contributed by atoms with Gasteiger partial charge in [-0.15, -0.1) is 0 Å². The lowest BCUT2D eigenvalue weighted by Gasteiger charge is -1.82. The lowest BCUT2D eigenvalue weighted by Crippen LogP contribution is -1.62. The summed E-state index contributed by atoms with van der Waals surface area (Å²) in [6, 6.07) is 20.5. The molecule has 0 atom stereocenters. The topological polar surface area (TPSA) is 0 Å². The van der Waals surface area contributed by atoms with Crippen molar-refractivity contribution in [1.29, 1.82) is 0 Å². The smallest absolute Gasteiger partial charge is 0.0398 e. The first-order valence-electron chi connectivity index (χ1n) is 6.82. The molecule has 0 bridgehead atoms. The maximum absolute atomic E-state index is 2.08. The van der Waals surface area contributed by atoms with Crippen LogP contribution in [0.25, 0.3) is 0 Å². The van der Waals surface area contributed by atoms with Crippen LogP contribution in [0.2, 0.25) is 0 Å². The van der Waals surface area contributed by atoms with Crippen molar-refractivity contribution in [3.05, 3.63) is 71.8 Å². The van der Waals surface area contributed by atoms with E-state index in [4.69, 9.17) is 0 Å². The van der Waals surface area contributed by atoms with E-state index in [-0.39, 0.29) is 14.9 Å². The second-order valence-corrected chi connectivity index (χ2v) is 3.31. The van der Waals surface area contributed by atoms with Crippen LogP contribution in [-0.2, 0) is 0 Å². The second-order valence-electron chi connectivity index (χ2n) is 3.31. The van der Waals surface area contributed by atoms with Gasteiger partial charge in [0, 0.05) is 0 Å². The molecule has 0 saturated carbocycles. The van der Waals surface area contributed by atoms with Crippen LogP contribution in [0.4, 0.5) is 0 Å². The Morgan fingerprint density at radius 1 is 0.450 bits per heavy atom. The maximum Gasteiger partial charge on any atom is -0.0398 e. The molecule has 20 heavy (non-hydrogen) atoms. The summed E-state index contributed by atoms with van der Waals surface area (Å²) in [7, 11) is 0. The van der Waals surface area contributed by atoms with Crippen molar-refractivity contribution >= 4 is 0 Å². The Hall–Kier alpha value is -1.56. The van der Waals surface area contributed by atoms with E-state index in [1.165, 1.54) is 11.1 Å². The van der Waals surface area contributed by atoms with Crippen LogP contribution in [0.1, 0.15) is 53.7 Å². The third-order valence-electron chi connectivity index (χ3n) is 1.88. The third kappa shape index (κ3) is 18.8. The number of hydrogen-bond acceptors (Lipinski definition) is 0. The third-order valence-corrected chi connectivity index (χ3v) is 1.88. The Morgan fingerprint density at radius 3 is 0.750 bits per heavy atom. The van der Waals surface area contributed by atoms with Crippen molar-refractivity contribution in [2.24, 2.45) is 0 Å². The molecule has 2 aromatic rings. The highest BCUT2D eigenvalue weighted by Gasteiger charge is 1.72. The van der Waals surface area contributed by atoms with Crippen molar-refractivity contribution in [2.45, 2.75) is 56.4 Å². The van der Waals surface area contributed by atoms with E-state index in [0.29, 0.717) is 0 Å². The molecule has 0 fully saturated rings. The summed E-state index contributed by atoms with van der Waals surface area (Å²) in [5, 5.41) is 0. The first-order chi connectivity index (χ1) is 8.79. The van der Waals surface area contributed by atoms with E-state index in [0.717, 1.165) is 0 Å². The molecule has 0 radical (unpaired) electrons. The highest BCUT2D eigenvalue weighted by molar-refractivity contribution is 5.12. The fourth-order valence-electron chi connectivity index (χ4n) is 1.07. The van der Waals surface area contributed by atoms with E-state index in [2.05, 4.69) is 38.1 Å². The van der Waals surface area contributed by atoms with E-state index >= 15 is 0 Å². The van der Waals surface area contributed by atoms with Gasteiger partial charge in [-0.2, -0.15) is 0 Å². The number of aryl methyl sites for hydroxylation is 2. The van der Waals surface area contributed by atoms with Gasteiger partial charge in [0.1, 0.15) is 0 Å². The Balaban J connectivity index is -0.0000000950. The predicted octanol–water partition coefficient (Wildman–Crippen LogP) is 7.31. The van der Waals surface area contributed by atoms with Gasteiger partial charge in [-0.05, 0) is 13.8 Å². The van der Waals surface area contributed by atoms with Gasteiger partial charge < -0.3 is 0 Å². The van der Waals surface area contributed by atoms with Crippen molar-refractivity contribution in [2.75, 3.05) is 0 Å². The lowest BCUT2D eigenvalue weighted by atomic mass is 10.2. The van der Waals surface area contributed by atoms with Crippen molar-refractivity contribution in [3.63, 3.8) is 0 Å². The largest absolute Gasteiger partial charge is 0.0776 e. The molecule has 0 nitrogen and oxygen atoms in total. The normalized spacial score (nSPS) is 6.70. The highest BCUT2D eigenvalue weighted by Crippen LogP contribution is 1.92. The molecule has 0 aliphatic rings. The molecule has 2 rings (SSSR count). The summed E-state index contributed by atoms with van der Waals surface area (Å²) in [4.78, 5) is 0. The van der Waals surface area contributed by atoms with Crippen LogP contribution in [0.15, 0.2) is 60.7 Å².